The van der Waals surface area contributed by atoms with Gasteiger partial charge in [0.25, 0.3) is 5.91 Å². The minimum atomic E-state index is -0.0913. The third-order valence-electron chi connectivity index (χ3n) is 4.46. The molecular weight excluding hydrogens is 404 g/mol. The van der Waals surface area contributed by atoms with Crippen molar-refractivity contribution in [3.63, 3.8) is 0 Å². The van der Waals surface area contributed by atoms with Crippen LogP contribution in [-0.4, -0.2) is 15.9 Å². The molecule has 2 N–H and O–H groups in total. The van der Waals surface area contributed by atoms with Crippen molar-refractivity contribution in [2.75, 3.05) is 5.32 Å². The molecule has 0 atom stereocenters. The van der Waals surface area contributed by atoms with E-state index in [0.717, 1.165) is 26.2 Å². The summed E-state index contributed by atoms with van der Waals surface area (Å²) in [5, 5.41) is 7.46. The van der Waals surface area contributed by atoms with E-state index >= 15 is 0 Å². The first-order chi connectivity index (χ1) is 14.1. The van der Waals surface area contributed by atoms with Crippen LogP contribution >= 0.6 is 22.9 Å². The number of carbonyl (C=O) groups excluding carboxylic acids is 1. The van der Waals surface area contributed by atoms with E-state index in [9.17, 15) is 4.79 Å². The maximum atomic E-state index is 12.3. The third-order valence-corrected chi connectivity index (χ3v) is 5.57. The third kappa shape index (κ3) is 4.72. The van der Waals surface area contributed by atoms with Crippen LogP contribution in [0.5, 0.6) is 0 Å². The van der Waals surface area contributed by atoms with Gasteiger partial charge >= 0.3 is 0 Å². The minimum Gasteiger partial charge on any atom is -0.365 e. The number of nitrogens with one attached hydrogen (secondary N) is 2. The zero-order chi connectivity index (χ0) is 20.2. The van der Waals surface area contributed by atoms with Crippen LogP contribution in [-0.2, 0) is 13.1 Å². The maximum absolute atomic E-state index is 12.3. The van der Waals surface area contributed by atoms with Crippen LogP contribution < -0.4 is 10.6 Å². The van der Waals surface area contributed by atoms with Crippen LogP contribution in [0.2, 0.25) is 5.28 Å². The Balaban J connectivity index is 1.39. The monoisotopic (exact) mass is 422 g/mol. The van der Waals surface area contributed by atoms with E-state index < -0.39 is 0 Å². The van der Waals surface area contributed by atoms with E-state index in [1.807, 2.05) is 61.5 Å². The van der Waals surface area contributed by atoms with E-state index in [-0.39, 0.29) is 11.2 Å². The van der Waals surface area contributed by atoms with Crippen molar-refractivity contribution in [2.24, 2.45) is 0 Å². The van der Waals surface area contributed by atoms with Crippen molar-refractivity contribution in [3.05, 3.63) is 87.5 Å². The lowest BCUT2D eigenvalue weighted by atomic mass is 10.1. The molecule has 0 spiro atoms. The van der Waals surface area contributed by atoms with Gasteiger partial charge in [-0.15, -0.1) is 11.3 Å². The van der Waals surface area contributed by atoms with Gasteiger partial charge in [-0.05, 0) is 47.9 Å². The Morgan fingerprint density at radius 1 is 1.00 bits per heavy atom. The second kappa shape index (κ2) is 8.59. The van der Waals surface area contributed by atoms with Crippen LogP contribution in [0.1, 0.15) is 26.4 Å². The minimum absolute atomic E-state index is 0.0913. The van der Waals surface area contributed by atoms with Gasteiger partial charge in [-0.2, -0.15) is 0 Å². The number of hydrogen-bond donors (Lipinski definition) is 2. The molecule has 0 radical (unpaired) electrons. The largest absolute Gasteiger partial charge is 0.365 e. The van der Waals surface area contributed by atoms with E-state index in [0.29, 0.717) is 24.5 Å². The predicted octanol–water partition coefficient (Wildman–Crippen LogP) is 5.20. The van der Waals surface area contributed by atoms with Crippen molar-refractivity contribution in [1.29, 1.82) is 0 Å². The fourth-order valence-electron chi connectivity index (χ4n) is 2.99. The summed E-state index contributed by atoms with van der Waals surface area (Å²) in [6.07, 6.45) is 0. The SMILES string of the molecule is Cc1cc2c(NCc3ccc(C(=O)NCc4ccccc4)cc3)nc(Cl)nc2s1. The van der Waals surface area contributed by atoms with Crippen molar-refractivity contribution in [3.8, 4) is 0 Å². The number of hydrogen-bond acceptors (Lipinski definition) is 5. The first-order valence-electron chi connectivity index (χ1n) is 9.17. The summed E-state index contributed by atoms with van der Waals surface area (Å²) in [4.78, 5) is 23.0. The molecule has 7 heteroatoms. The van der Waals surface area contributed by atoms with Crippen LogP contribution in [0.3, 0.4) is 0 Å². The summed E-state index contributed by atoms with van der Waals surface area (Å²) < 4.78 is 0. The summed E-state index contributed by atoms with van der Waals surface area (Å²) in [5.74, 6) is 0.625. The molecular formula is C22H19ClN4OS. The molecule has 4 rings (SSSR count). The molecule has 4 aromatic rings. The number of rotatable bonds is 6. The normalized spacial score (nSPS) is 10.8. The number of anilines is 1. The van der Waals surface area contributed by atoms with Crippen LogP contribution in [0.15, 0.2) is 60.7 Å². The number of benzene rings is 2. The fraction of sp³-hybridized carbons (Fsp3) is 0.136. The van der Waals surface area contributed by atoms with Gasteiger partial charge in [0.1, 0.15) is 10.6 Å². The van der Waals surface area contributed by atoms with Crippen LogP contribution in [0.4, 0.5) is 5.82 Å². The van der Waals surface area contributed by atoms with E-state index in [1.54, 1.807) is 11.3 Å². The average Bonchev–Trinajstić information content (AvgIpc) is 3.11. The van der Waals surface area contributed by atoms with Crippen molar-refractivity contribution in [1.82, 2.24) is 15.3 Å². The molecule has 2 aromatic heterocycles. The number of fused-ring (bicyclic) bond motifs is 1. The molecule has 0 aliphatic rings. The summed E-state index contributed by atoms with van der Waals surface area (Å²) in [6, 6.07) is 19.4. The average molecular weight is 423 g/mol. The Labute approximate surface area is 177 Å². The Morgan fingerprint density at radius 3 is 2.48 bits per heavy atom. The molecule has 0 fully saturated rings. The number of aryl methyl sites for hydroxylation is 1. The molecule has 1 amide bonds. The number of carbonyl (C=O) groups is 1. The van der Waals surface area contributed by atoms with Gasteiger partial charge in [0.2, 0.25) is 5.28 Å². The fourth-order valence-corrected chi connectivity index (χ4v) is 4.09. The molecule has 2 aromatic carbocycles. The summed E-state index contributed by atoms with van der Waals surface area (Å²) >= 11 is 7.63. The quantitative estimate of drug-likeness (QED) is 0.419. The van der Waals surface area contributed by atoms with Gasteiger partial charge in [0.05, 0.1) is 5.39 Å². The molecule has 0 unspecified atom stereocenters. The Morgan fingerprint density at radius 2 is 1.72 bits per heavy atom. The standard InChI is InChI=1S/C22H19ClN4OS/c1-14-11-18-19(26-22(23)27-21(18)29-14)24-12-16-7-9-17(10-8-16)20(28)25-13-15-5-3-2-4-6-15/h2-11H,12-13H2,1H3,(H,25,28)(H,24,26,27). The van der Waals surface area contributed by atoms with Gasteiger partial charge in [0, 0.05) is 23.5 Å². The number of halogens is 1. The predicted molar refractivity (Wildman–Crippen MR) is 119 cm³/mol. The molecule has 0 bridgehead atoms. The topological polar surface area (TPSA) is 66.9 Å². The highest BCUT2D eigenvalue weighted by Crippen LogP contribution is 2.29. The molecule has 146 valence electrons. The molecule has 2 heterocycles. The van der Waals surface area contributed by atoms with Gasteiger partial charge in [-0.1, -0.05) is 42.5 Å². The molecule has 0 saturated heterocycles. The van der Waals surface area contributed by atoms with Gasteiger partial charge in [-0.25, -0.2) is 9.97 Å². The zero-order valence-electron chi connectivity index (χ0n) is 15.8. The number of nitrogens with zero attached hydrogens (tertiary/aromatic N) is 2. The highest BCUT2D eigenvalue weighted by Gasteiger charge is 2.10. The lowest BCUT2D eigenvalue weighted by Crippen LogP contribution is -2.22. The first kappa shape index (κ1) is 19.4. The highest BCUT2D eigenvalue weighted by atomic mass is 35.5. The Hall–Kier alpha value is -2.96. The number of aromatic nitrogens is 2. The lowest BCUT2D eigenvalue weighted by molar-refractivity contribution is 0.0951. The van der Waals surface area contributed by atoms with Crippen molar-refractivity contribution in [2.45, 2.75) is 20.0 Å². The Kier molecular flexibility index (Phi) is 5.74. The molecule has 0 saturated carbocycles. The second-order valence-electron chi connectivity index (χ2n) is 6.64. The van der Waals surface area contributed by atoms with Gasteiger partial charge < -0.3 is 10.6 Å². The molecule has 5 nitrogen and oxygen atoms in total. The van der Waals surface area contributed by atoms with Gasteiger partial charge in [0.15, 0.2) is 0 Å². The summed E-state index contributed by atoms with van der Waals surface area (Å²) in [6.45, 7) is 3.11. The van der Waals surface area contributed by atoms with Gasteiger partial charge in [-0.3, -0.25) is 4.79 Å². The van der Waals surface area contributed by atoms with E-state index in [2.05, 4.69) is 26.7 Å². The van der Waals surface area contributed by atoms with Crippen molar-refractivity contribution >= 4 is 44.9 Å². The van der Waals surface area contributed by atoms with E-state index in [1.165, 1.54) is 0 Å². The first-order valence-corrected chi connectivity index (χ1v) is 10.4. The van der Waals surface area contributed by atoms with E-state index in [4.69, 9.17) is 11.6 Å². The van der Waals surface area contributed by atoms with Crippen LogP contribution in [0.25, 0.3) is 10.2 Å². The molecule has 0 aliphatic heterocycles. The maximum Gasteiger partial charge on any atom is 0.251 e. The summed E-state index contributed by atoms with van der Waals surface area (Å²) in [7, 11) is 0. The van der Waals surface area contributed by atoms with Crippen molar-refractivity contribution < 1.29 is 4.79 Å². The second-order valence-corrected chi connectivity index (χ2v) is 8.21. The van der Waals surface area contributed by atoms with Crippen LogP contribution in [0, 0.1) is 6.92 Å². The molecule has 29 heavy (non-hydrogen) atoms. The zero-order valence-corrected chi connectivity index (χ0v) is 17.3. The number of amides is 1. The molecule has 0 aliphatic carbocycles. The smallest absolute Gasteiger partial charge is 0.251 e. The Bertz CT molecular complexity index is 1140. The highest BCUT2D eigenvalue weighted by molar-refractivity contribution is 7.18. The lowest BCUT2D eigenvalue weighted by Gasteiger charge is -2.09. The summed E-state index contributed by atoms with van der Waals surface area (Å²) in [5.41, 5.74) is 2.74. The number of thiophene rings is 1.